The Morgan fingerprint density at radius 1 is 1.25 bits per heavy atom. The fourth-order valence-electron chi connectivity index (χ4n) is 2.86. The van der Waals surface area contributed by atoms with E-state index in [2.05, 4.69) is 21.8 Å². The lowest BCUT2D eigenvalue weighted by Crippen LogP contribution is -2.52. The first kappa shape index (κ1) is 10.4. The molecule has 3 rings (SSSR count). The lowest BCUT2D eigenvalue weighted by Gasteiger charge is -2.39. The molecule has 2 aliphatic rings. The van der Waals surface area contributed by atoms with Crippen molar-refractivity contribution in [3.63, 3.8) is 0 Å². The molecule has 2 unspecified atom stereocenters. The van der Waals surface area contributed by atoms with Crippen molar-refractivity contribution in [1.82, 2.24) is 9.88 Å². The summed E-state index contributed by atoms with van der Waals surface area (Å²) in [5.74, 6) is 1.06. The van der Waals surface area contributed by atoms with Crippen molar-refractivity contribution < 1.29 is 0 Å². The molecule has 2 atom stereocenters. The molecule has 16 heavy (non-hydrogen) atoms. The summed E-state index contributed by atoms with van der Waals surface area (Å²) in [5.41, 5.74) is 0. The van der Waals surface area contributed by atoms with Gasteiger partial charge >= 0.3 is 0 Å². The predicted octanol–water partition coefficient (Wildman–Crippen LogP) is 2.02. The average molecular weight is 238 g/mol. The van der Waals surface area contributed by atoms with Crippen LogP contribution < -0.4 is 4.90 Å². The molecule has 2 aliphatic heterocycles. The number of nitrogens with zero attached hydrogens (tertiary/aromatic N) is 3. The number of anilines is 1. The second-order valence-corrected chi connectivity index (χ2v) is 5.23. The molecule has 0 saturated carbocycles. The van der Waals surface area contributed by atoms with Crippen LogP contribution in [0.25, 0.3) is 0 Å². The summed E-state index contributed by atoms with van der Waals surface area (Å²) in [7, 11) is 2.25. The Hall–Kier alpha value is -0.800. The molecule has 0 aromatic carbocycles. The van der Waals surface area contributed by atoms with Gasteiger partial charge < -0.3 is 4.90 Å². The summed E-state index contributed by atoms with van der Waals surface area (Å²) < 4.78 is 0. The maximum atomic E-state index is 5.85. The Balaban J connectivity index is 1.80. The largest absolute Gasteiger partial charge is 0.353 e. The third-order valence-corrected chi connectivity index (χ3v) is 4.11. The van der Waals surface area contributed by atoms with Gasteiger partial charge in [0, 0.05) is 31.4 Å². The van der Waals surface area contributed by atoms with Crippen LogP contribution in [0.2, 0.25) is 5.02 Å². The molecule has 0 amide bonds. The fraction of sp³-hybridized carbons (Fsp3) is 0.583. The highest BCUT2D eigenvalue weighted by Crippen LogP contribution is 2.30. The molecule has 0 radical (unpaired) electrons. The Kier molecular flexibility index (Phi) is 2.52. The molecular formula is C12H16ClN3. The monoisotopic (exact) mass is 237 g/mol. The number of halogens is 1. The molecule has 3 heterocycles. The lowest BCUT2D eigenvalue weighted by atomic mass is 10.2. The summed E-state index contributed by atoms with van der Waals surface area (Å²) in [6, 6.07) is 5.35. The van der Waals surface area contributed by atoms with E-state index in [9.17, 15) is 0 Å². The summed E-state index contributed by atoms with van der Waals surface area (Å²) in [6.07, 6.45) is 4.38. The Bertz CT molecular complexity index is 364. The Morgan fingerprint density at radius 2 is 1.94 bits per heavy atom. The third-order valence-electron chi connectivity index (χ3n) is 3.88. The van der Waals surface area contributed by atoms with E-state index < -0.39 is 0 Å². The molecule has 2 fully saturated rings. The van der Waals surface area contributed by atoms with Crippen molar-refractivity contribution in [1.29, 1.82) is 0 Å². The molecule has 0 spiro atoms. The van der Waals surface area contributed by atoms with E-state index in [0.29, 0.717) is 17.1 Å². The zero-order chi connectivity index (χ0) is 11.1. The molecule has 2 bridgehead atoms. The molecule has 1 aromatic heterocycles. The van der Waals surface area contributed by atoms with Gasteiger partial charge in [0.05, 0.1) is 5.02 Å². The number of aromatic nitrogens is 1. The normalized spacial score (nSPS) is 29.8. The highest BCUT2D eigenvalue weighted by Gasteiger charge is 2.37. The van der Waals surface area contributed by atoms with Gasteiger partial charge in [-0.05, 0) is 32.0 Å². The second kappa shape index (κ2) is 3.90. The van der Waals surface area contributed by atoms with Crippen LogP contribution in [0.15, 0.2) is 18.3 Å². The van der Waals surface area contributed by atoms with Crippen molar-refractivity contribution in [2.75, 3.05) is 25.0 Å². The van der Waals surface area contributed by atoms with E-state index >= 15 is 0 Å². The van der Waals surface area contributed by atoms with Gasteiger partial charge in [-0.25, -0.2) is 4.98 Å². The summed E-state index contributed by atoms with van der Waals surface area (Å²) in [6.45, 7) is 2.20. The van der Waals surface area contributed by atoms with Crippen LogP contribution in [0, 0.1) is 0 Å². The third kappa shape index (κ3) is 1.68. The minimum absolute atomic E-state index is 0.705. The minimum Gasteiger partial charge on any atom is -0.353 e. The van der Waals surface area contributed by atoms with Crippen molar-refractivity contribution in [2.24, 2.45) is 0 Å². The van der Waals surface area contributed by atoms with Gasteiger partial charge in [-0.3, -0.25) is 4.90 Å². The number of likely N-dealkylation sites (N-methyl/N-ethyl adjacent to an activating group) is 1. The van der Waals surface area contributed by atoms with Crippen LogP contribution in [-0.4, -0.2) is 42.1 Å². The summed E-state index contributed by atoms with van der Waals surface area (Å²) in [5, 5.41) is 0.709. The van der Waals surface area contributed by atoms with E-state index in [1.54, 1.807) is 6.20 Å². The smallest absolute Gasteiger partial charge is 0.128 e. The van der Waals surface area contributed by atoms with Gasteiger partial charge in [0.25, 0.3) is 0 Å². The van der Waals surface area contributed by atoms with Crippen molar-refractivity contribution in [3.8, 4) is 0 Å². The number of hydrogen-bond acceptors (Lipinski definition) is 3. The number of pyridine rings is 1. The van der Waals surface area contributed by atoms with Crippen LogP contribution in [0.4, 0.5) is 5.82 Å². The fourth-order valence-corrected chi connectivity index (χ4v) is 2.97. The lowest BCUT2D eigenvalue weighted by molar-refractivity contribution is 0.212. The van der Waals surface area contributed by atoms with Gasteiger partial charge in [0.1, 0.15) is 5.82 Å². The van der Waals surface area contributed by atoms with Gasteiger partial charge in [-0.2, -0.15) is 0 Å². The zero-order valence-corrected chi connectivity index (χ0v) is 10.2. The van der Waals surface area contributed by atoms with E-state index in [-0.39, 0.29) is 0 Å². The summed E-state index contributed by atoms with van der Waals surface area (Å²) in [4.78, 5) is 9.31. The van der Waals surface area contributed by atoms with Gasteiger partial charge in [0.15, 0.2) is 0 Å². The molecule has 0 N–H and O–H groups in total. The predicted molar refractivity (Wildman–Crippen MR) is 66.0 cm³/mol. The SMILES string of the molecule is CN1C2CCC1CN(c1ccc(Cl)cn1)C2. The number of hydrogen-bond donors (Lipinski definition) is 0. The number of piperazine rings is 1. The van der Waals surface area contributed by atoms with Crippen LogP contribution in [0.1, 0.15) is 12.8 Å². The Morgan fingerprint density at radius 3 is 2.50 bits per heavy atom. The molecule has 3 nitrogen and oxygen atoms in total. The first-order chi connectivity index (χ1) is 7.74. The van der Waals surface area contributed by atoms with Gasteiger partial charge in [0.2, 0.25) is 0 Å². The van der Waals surface area contributed by atoms with Crippen molar-refractivity contribution >= 4 is 17.4 Å². The van der Waals surface area contributed by atoms with Crippen molar-refractivity contribution in [3.05, 3.63) is 23.4 Å². The van der Waals surface area contributed by atoms with E-state index in [1.807, 2.05) is 12.1 Å². The quantitative estimate of drug-likeness (QED) is 0.745. The average Bonchev–Trinajstić information content (AvgIpc) is 2.54. The molecule has 1 aromatic rings. The minimum atomic E-state index is 0.705. The molecule has 4 heteroatoms. The van der Waals surface area contributed by atoms with E-state index in [4.69, 9.17) is 11.6 Å². The first-order valence-corrected chi connectivity index (χ1v) is 6.20. The molecule has 86 valence electrons. The maximum Gasteiger partial charge on any atom is 0.128 e. The van der Waals surface area contributed by atoms with Crippen molar-refractivity contribution in [2.45, 2.75) is 24.9 Å². The van der Waals surface area contributed by atoms with Gasteiger partial charge in [-0.15, -0.1) is 0 Å². The standard InChI is InChI=1S/C12H16ClN3/c1-15-10-3-4-11(15)8-16(7-10)12-5-2-9(13)6-14-12/h2,5-6,10-11H,3-4,7-8H2,1H3. The van der Waals surface area contributed by atoms with Crippen LogP contribution in [0.5, 0.6) is 0 Å². The molecule has 2 saturated heterocycles. The number of rotatable bonds is 1. The van der Waals surface area contributed by atoms with E-state index in [1.165, 1.54) is 12.8 Å². The maximum absolute atomic E-state index is 5.85. The van der Waals surface area contributed by atoms with Crippen LogP contribution in [0.3, 0.4) is 0 Å². The van der Waals surface area contributed by atoms with Crippen LogP contribution >= 0.6 is 11.6 Å². The Labute approximate surface area is 101 Å². The highest BCUT2D eigenvalue weighted by molar-refractivity contribution is 6.30. The topological polar surface area (TPSA) is 19.4 Å². The van der Waals surface area contributed by atoms with Gasteiger partial charge in [-0.1, -0.05) is 11.6 Å². The summed E-state index contributed by atoms with van der Waals surface area (Å²) >= 11 is 5.85. The second-order valence-electron chi connectivity index (χ2n) is 4.79. The molecular weight excluding hydrogens is 222 g/mol. The van der Waals surface area contributed by atoms with E-state index in [0.717, 1.165) is 18.9 Å². The molecule has 0 aliphatic carbocycles. The first-order valence-electron chi connectivity index (χ1n) is 5.82. The van der Waals surface area contributed by atoms with Crippen LogP contribution in [-0.2, 0) is 0 Å². The zero-order valence-electron chi connectivity index (χ0n) is 9.43. The highest BCUT2D eigenvalue weighted by atomic mass is 35.5. The number of fused-ring (bicyclic) bond motifs is 2.